The number of halogens is 1. The van der Waals surface area contributed by atoms with Crippen LogP contribution in [0.25, 0.3) is 11.0 Å². The molecule has 0 unspecified atom stereocenters. The molecule has 1 aliphatic rings. The number of hydrogen-bond donors (Lipinski definition) is 2. The van der Waals surface area contributed by atoms with Gasteiger partial charge >= 0.3 is 6.09 Å². The van der Waals surface area contributed by atoms with Crippen molar-refractivity contribution in [2.24, 2.45) is 7.05 Å². The minimum atomic E-state index is -1.03. The molecule has 4 rings (SSSR count). The van der Waals surface area contributed by atoms with Crippen molar-refractivity contribution in [1.82, 2.24) is 19.4 Å². The Balaban J connectivity index is 1.81. The molecule has 0 aliphatic carbocycles. The van der Waals surface area contributed by atoms with Crippen LogP contribution >= 0.6 is 11.6 Å². The number of carboxylic acid groups (broad SMARTS) is 1. The zero-order valence-electron chi connectivity index (χ0n) is 16.0. The Morgan fingerprint density at radius 1 is 1.34 bits per heavy atom. The number of carbonyl (C=O) groups is 1. The number of fused-ring (bicyclic) bond motifs is 1. The minimum absolute atomic E-state index is 0.134. The van der Waals surface area contributed by atoms with Crippen molar-refractivity contribution in [2.45, 2.75) is 25.4 Å². The van der Waals surface area contributed by atoms with Gasteiger partial charge in [0.2, 0.25) is 5.95 Å². The first-order valence-electron chi connectivity index (χ1n) is 9.47. The second-order valence-electron chi connectivity index (χ2n) is 7.29. The number of pyridine rings is 1. The average molecular weight is 416 g/mol. The van der Waals surface area contributed by atoms with E-state index in [1.807, 2.05) is 39.8 Å². The highest BCUT2D eigenvalue weighted by atomic mass is 35.5. The van der Waals surface area contributed by atoms with E-state index in [1.165, 1.54) is 4.57 Å². The molecule has 1 fully saturated rings. The summed E-state index contributed by atoms with van der Waals surface area (Å²) < 4.78 is 3.42. The molecule has 1 amide bonds. The summed E-state index contributed by atoms with van der Waals surface area (Å²) in [6, 6.07) is 9.16. The molecular formula is C20H22ClN5O3. The summed E-state index contributed by atoms with van der Waals surface area (Å²) in [5.74, 6) is 0.653. The highest BCUT2D eigenvalue weighted by Crippen LogP contribution is 2.26. The molecular weight excluding hydrogens is 394 g/mol. The molecule has 1 saturated heterocycles. The monoisotopic (exact) mass is 415 g/mol. The highest BCUT2D eigenvalue weighted by Gasteiger charge is 2.26. The van der Waals surface area contributed by atoms with Crippen molar-refractivity contribution >= 4 is 34.7 Å². The van der Waals surface area contributed by atoms with E-state index in [9.17, 15) is 9.59 Å². The predicted octanol–water partition coefficient (Wildman–Crippen LogP) is 2.67. The van der Waals surface area contributed by atoms with Gasteiger partial charge in [-0.2, -0.15) is 0 Å². The molecule has 0 spiro atoms. The van der Waals surface area contributed by atoms with Crippen molar-refractivity contribution in [3.63, 3.8) is 0 Å². The lowest BCUT2D eigenvalue weighted by Gasteiger charge is -2.33. The van der Waals surface area contributed by atoms with E-state index in [0.717, 1.165) is 24.9 Å². The van der Waals surface area contributed by atoms with Crippen molar-refractivity contribution < 1.29 is 9.90 Å². The number of anilines is 1. The van der Waals surface area contributed by atoms with E-state index in [2.05, 4.69) is 5.32 Å². The van der Waals surface area contributed by atoms with Crippen LogP contribution in [0.4, 0.5) is 10.7 Å². The van der Waals surface area contributed by atoms with Crippen LogP contribution < -0.4 is 15.8 Å². The molecule has 0 radical (unpaired) electrons. The number of nitrogens with one attached hydrogen (secondary N) is 1. The van der Waals surface area contributed by atoms with E-state index in [1.54, 1.807) is 13.2 Å². The van der Waals surface area contributed by atoms with Crippen LogP contribution in [0.2, 0.25) is 5.02 Å². The van der Waals surface area contributed by atoms with Gasteiger partial charge in [0.1, 0.15) is 5.52 Å². The van der Waals surface area contributed by atoms with Crippen molar-refractivity contribution in [2.75, 3.05) is 18.0 Å². The lowest BCUT2D eigenvalue weighted by Crippen LogP contribution is -2.48. The largest absolute Gasteiger partial charge is 0.465 e. The van der Waals surface area contributed by atoms with Crippen LogP contribution in [0.3, 0.4) is 0 Å². The zero-order chi connectivity index (χ0) is 20.5. The second kappa shape index (κ2) is 7.79. The predicted molar refractivity (Wildman–Crippen MR) is 112 cm³/mol. The van der Waals surface area contributed by atoms with Crippen LogP contribution in [-0.4, -0.2) is 44.4 Å². The molecule has 152 valence electrons. The van der Waals surface area contributed by atoms with Gasteiger partial charge in [-0.05, 0) is 30.5 Å². The standard InChI is InChI=1S/C20H22ClN5O3/c1-24-10-8-16-17(18(24)27)26(11-13-5-2-3-7-15(13)21)19(23-16)25-9-4-6-14(12-25)22-20(28)29/h2-3,5,7-8,10,14,22H,4,6,9,11-12H2,1H3,(H,28,29)/t14-/m1/s1. The van der Waals surface area contributed by atoms with Gasteiger partial charge in [0.25, 0.3) is 5.56 Å². The van der Waals surface area contributed by atoms with Crippen LogP contribution in [-0.2, 0) is 13.6 Å². The number of rotatable bonds is 4. The Bertz CT molecular complexity index is 1120. The number of piperidine rings is 1. The Morgan fingerprint density at radius 3 is 2.90 bits per heavy atom. The Labute approximate surface area is 172 Å². The van der Waals surface area contributed by atoms with E-state index in [-0.39, 0.29) is 11.6 Å². The number of hydrogen-bond acceptors (Lipinski definition) is 4. The first-order valence-corrected chi connectivity index (χ1v) is 9.85. The van der Waals surface area contributed by atoms with Gasteiger partial charge in [0, 0.05) is 37.4 Å². The Hall–Kier alpha value is -3.00. The fourth-order valence-electron chi connectivity index (χ4n) is 3.86. The lowest BCUT2D eigenvalue weighted by molar-refractivity contribution is 0.188. The van der Waals surface area contributed by atoms with E-state index in [0.29, 0.717) is 35.1 Å². The maximum absolute atomic E-state index is 12.9. The van der Waals surface area contributed by atoms with Gasteiger partial charge in [-0.1, -0.05) is 29.8 Å². The molecule has 0 saturated carbocycles. The highest BCUT2D eigenvalue weighted by molar-refractivity contribution is 6.31. The summed E-state index contributed by atoms with van der Waals surface area (Å²) in [7, 11) is 1.71. The van der Waals surface area contributed by atoms with E-state index >= 15 is 0 Å². The average Bonchev–Trinajstić information content (AvgIpc) is 3.05. The molecule has 3 aromatic rings. The molecule has 2 N–H and O–H groups in total. The summed E-state index contributed by atoms with van der Waals surface area (Å²) in [4.78, 5) is 30.7. The maximum Gasteiger partial charge on any atom is 0.404 e. The van der Waals surface area contributed by atoms with Crippen molar-refractivity contribution in [1.29, 1.82) is 0 Å². The van der Waals surface area contributed by atoms with Gasteiger partial charge < -0.3 is 24.5 Å². The third-order valence-electron chi connectivity index (χ3n) is 5.27. The van der Waals surface area contributed by atoms with Gasteiger partial charge in [-0.3, -0.25) is 4.79 Å². The Kier molecular flexibility index (Phi) is 5.19. The quantitative estimate of drug-likeness (QED) is 0.683. The van der Waals surface area contributed by atoms with Gasteiger partial charge in [-0.25, -0.2) is 9.78 Å². The van der Waals surface area contributed by atoms with Crippen LogP contribution in [0.5, 0.6) is 0 Å². The first-order chi connectivity index (χ1) is 13.9. The minimum Gasteiger partial charge on any atom is -0.465 e. The van der Waals surface area contributed by atoms with E-state index < -0.39 is 6.09 Å². The number of nitrogens with zero attached hydrogens (tertiary/aromatic N) is 4. The molecule has 1 atom stereocenters. The van der Waals surface area contributed by atoms with Crippen LogP contribution in [0.1, 0.15) is 18.4 Å². The Morgan fingerprint density at radius 2 is 2.14 bits per heavy atom. The molecule has 8 nitrogen and oxygen atoms in total. The topological polar surface area (TPSA) is 92.4 Å². The van der Waals surface area contributed by atoms with Gasteiger partial charge in [0.15, 0.2) is 0 Å². The second-order valence-corrected chi connectivity index (χ2v) is 7.70. The fraction of sp³-hybridized carbons (Fsp3) is 0.350. The first kappa shape index (κ1) is 19.3. The zero-order valence-corrected chi connectivity index (χ0v) is 16.8. The molecule has 2 aromatic heterocycles. The molecule has 1 aliphatic heterocycles. The van der Waals surface area contributed by atoms with Crippen LogP contribution in [0, 0.1) is 0 Å². The lowest BCUT2D eigenvalue weighted by atomic mass is 10.1. The number of aryl methyl sites for hydroxylation is 1. The summed E-state index contributed by atoms with van der Waals surface area (Å²) in [6.45, 7) is 1.64. The maximum atomic E-state index is 12.9. The van der Waals surface area contributed by atoms with Gasteiger partial charge in [0.05, 0.1) is 12.1 Å². The molecule has 3 heterocycles. The van der Waals surface area contributed by atoms with E-state index in [4.69, 9.17) is 21.7 Å². The number of amides is 1. The molecule has 0 bridgehead atoms. The third kappa shape index (κ3) is 3.80. The van der Waals surface area contributed by atoms with Crippen molar-refractivity contribution in [3.05, 3.63) is 57.5 Å². The third-order valence-corrected chi connectivity index (χ3v) is 5.64. The summed E-state index contributed by atoms with van der Waals surface area (Å²) >= 11 is 6.38. The van der Waals surface area contributed by atoms with Crippen molar-refractivity contribution in [3.8, 4) is 0 Å². The fourth-order valence-corrected chi connectivity index (χ4v) is 4.05. The van der Waals surface area contributed by atoms with Crippen LogP contribution in [0.15, 0.2) is 41.3 Å². The molecule has 9 heteroatoms. The summed E-state index contributed by atoms with van der Waals surface area (Å²) in [6.07, 6.45) is 2.27. The summed E-state index contributed by atoms with van der Waals surface area (Å²) in [5.41, 5.74) is 1.88. The number of benzene rings is 1. The molecule has 1 aromatic carbocycles. The normalized spacial score (nSPS) is 16.9. The number of aromatic nitrogens is 3. The SMILES string of the molecule is Cn1ccc2nc(N3CCC[C@@H](NC(=O)O)C3)n(Cc3ccccc3Cl)c2c1=O. The van der Waals surface area contributed by atoms with Gasteiger partial charge in [-0.15, -0.1) is 0 Å². The molecule has 29 heavy (non-hydrogen) atoms. The smallest absolute Gasteiger partial charge is 0.404 e. The number of imidazole rings is 1. The summed E-state index contributed by atoms with van der Waals surface area (Å²) in [5, 5.41) is 12.3.